The summed E-state index contributed by atoms with van der Waals surface area (Å²) in [6.07, 6.45) is 2.16. The number of carbonyl (C=O) groups is 2. The minimum atomic E-state index is -0.694. The highest BCUT2D eigenvalue weighted by Gasteiger charge is 2.21. The summed E-state index contributed by atoms with van der Waals surface area (Å²) in [4.78, 5) is 49.6. The minimum Gasteiger partial charge on any atom is -0.493 e. The maximum Gasteiger partial charge on any atom is 0.341 e. The maximum atomic E-state index is 13.6. The predicted molar refractivity (Wildman–Crippen MR) is 151 cm³/mol. The Bertz CT molecular complexity index is 1840. The molecule has 5 rings (SSSR count). The van der Waals surface area contributed by atoms with Crippen LogP contribution in [0.4, 0.5) is 0 Å². The van der Waals surface area contributed by atoms with Crippen molar-refractivity contribution in [3.05, 3.63) is 118 Å². The smallest absolute Gasteiger partial charge is 0.341 e. The third kappa shape index (κ3) is 5.26. The van der Waals surface area contributed by atoms with Gasteiger partial charge in [-0.25, -0.2) is 9.78 Å². The van der Waals surface area contributed by atoms with E-state index in [1.165, 1.54) is 10.5 Å². The molecule has 1 amide bonds. The van der Waals surface area contributed by atoms with E-state index in [1.807, 2.05) is 37.3 Å². The number of aromatic nitrogens is 3. The molecule has 0 unspecified atom stereocenters. The fourth-order valence-electron chi connectivity index (χ4n) is 4.54. The first kappa shape index (κ1) is 26.6. The van der Waals surface area contributed by atoms with Crippen molar-refractivity contribution in [1.29, 1.82) is 0 Å². The molecular weight excluding hydrogens is 508 g/mol. The van der Waals surface area contributed by atoms with Crippen LogP contribution in [0.25, 0.3) is 16.7 Å². The Morgan fingerprint density at radius 3 is 2.42 bits per heavy atom. The zero-order valence-electron chi connectivity index (χ0n) is 22.2. The number of pyridine rings is 2. The summed E-state index contributed by atoms with van der Waals surface area (Å²) >= 11 is 0. The molecule has 3 aromatic heterocycles. The first-order valence-electron chi connectivity index (χ1n) is 13.1. The molecule has 0 saturated heterocycles. The SMILES string of the molecule is CCOC(=O)c1cc2c(=O)n3ccccc3nc2n(CCc2ccccc2)c1=NC(=O)c1ccccc1OCC. The number of esters is 1. The van der Waals surface area contributed by atoms with Gasteiger partial charge in [-0.1, -0.05) is 48.5 Å². The third-order valence-corrected chi connectivity index (χ3v) is 6.38. The quantitative estimate of drug-likeness (QED) is 0.217. The van der Waals surface area contributed by atoms with Gasteiger partial charge in [0, 0.05) is 12.7 Å². The number of hydrogen-bond donors (Lipinski definition) is 0. The van der Waals surface area contributed by atoms with Gasteiger partial charge in [-0.05, 0) is 56.2 Å². The van der Waals surface area contributed by atoms with E-state index in [0.29, 0.717) is 36.6 Å². The number of rotatable bonds is 8. The van der Waals surface area contributed by atoms with E-state index in [1.54, 1.807) is 60.2 Å². The predicted octanol–water partition coefficient (Wildman–Crippen LogP) is 4.21. The Kier molecular flexibility index (Phi) is 7.82. The number of para-hydroxylation sites is 1. The van der Waals surface area contributed by atoms with Crippen molar-refractivity contribution in [2.75, 3.05) is 13.2 Å². The van der Waals surface area contributed by atoms with E-state index < -0.39 is 11.9 Å². The van der Waals surface area contributed by atoms with Crippen LogP contribution < -0.4 is 15.8 Å². The van der Waals surface area contributed by atoms with Gasteiger partial charge in [-0.15, -0.1) is 0 Å². The van der Waals surface area contributed by atoms with E-state index in [0.717, 1.165) is 5.56 Å². The molecule has 0 saturated carbocycles. The molecule has 0 bridgehead atoms. The Balaban J connectivity index is 1.83. The van der Waals surface area contributed by atoms with Crippen LogP contribution in [0.15, 0.2) is 94.8 Å². The lowest BCUT2D eigenvalue weighted by Crippen LogP contribution is -2.33. The average Bonchev–Trinajstić information content (AvgIpc) is 2.97. The van der Waals surface area contributed by atoms with Crippen LogP contribution in [0.1, 0.15) is 40.1 Å². The molecule has 0 atom stereocenters. The number of aryl methyl sites for hydroxylation is 2. The van der Waals surface area contributed by atoms with Gasteiger partial charge in [0.1, 0.15) is 22.6 Å². The Hall–Kier alpha value is -5.05. The summed E-state index contributed by atoms with van der Waals surface area (Å²) in [6.45, 7) is 4.28. The zero-order chi connectivity index (χ0) is 28.1. The van der Waals surface area contributed by atoms with Crippen molar-refractivity contribution in [2.45, 2.75) is 26.8 Å². The Morgan fingerprint density at radius 1 is 0.900 bits per heavy atom. The molecule has 40 heavy (non-hydrogen) atoms. The van der Waals surface area contributed by atoms with Crippen molar-refractivity contribution in [1.82, 2.24) is 14.0 Å². The number of benzene rings is 2. The largest absolute Gasteiger partial charge is 0.493 e. The van der Waals surface area contributed by atoms with E-state index in [2.05, 4.69) is 4.99 Å². The summed E-state index contributed by atoms with van der Waals surface area (Å²) in [5.74, 6) is -0.907. The van der Waals surface area contributed by atoms with E-state index in [4.69, 9.17) is 14.5 Å². The molecule has 0 spiro atoms. The molecule has 0 aliphatic heterocycles. The highest BCUT2D eigenvalue weighted by Crippen LogP contribution is 2.19. The van der Waals surface area contributed by atoms with Crippen LogP contribution in [0.2, 0.25) is 0 Å². The molecule has 0 N–H and O–H groups in total. The summed E-state index contributed by atoms with van der Waals surface area (Å²) < 4.78 is 14.1. The summed E-state index contributed by atoms with van der Waals surface area (Å²) in [6, 6.07) is 23.2. The topological polar surface area (TPSA) is 104 Å². The van der Waals surface area contributed by atoms with Gasteiger partial charge in [-0.2, -0.15) is 4.99 Å². The fraction of sp³-hybridized carbons (Fsp3) is 0.194. The molecular formula is C31H28N4O5. The van der Waals surface area contributed by atoms with Crippen LogP contribution >= 0.6 is 0 Å². The van der Waals surface area contributed by atoms with Gasteiger partial charge in [0.2, 0.25) is 0 Å². The monoisotopic (exact) mass is 536 g/mol. The minimum absolute atomic E-state index is 0.000524. The first-order chi connectivity index (χ1) is 19.5. The molecule has 5 aromatic rings. The molecule has 0 aliphatic rings. The van der Waals surface area contributed by atoms with Crippen LogP contribution in [0.3, 0.4) is 0 Å². The normalized spacial score (nSPS) is 11.6. The van der Waals surface area contributed by atoms with Gasteiger partial charge in [0.25, 0.3) is 11.5 Å². The Labute approximate surface area is 230 Å². The number of ether oxygens (including phenoxy) is 2. The second kappa shape index (κ2) is 11.8. The van der Waals surface area contributed by atoms with Crippen molar-refractivity contribution >= 4 is 28.6 Å². The summed E-state index contributed by atoms with van der Waals surface area (Å²) in [5.41, 5.74) is 1.73. The van der Waals surface area contributed by atoms with Crippen LogP contribution in [0.5, 0.6) is 5.75 Å². The van der Waals surface area contributed by atoms with Crippen molar-refractivity contribution in [3.8, 4) is 5.75 Å². The molecule has 0 fully saturated rings. The van der Waals surface area contributed by atoms with Crippen molar-refractivity contribution in [3.63, 3.8) is 0 Å². The van der Waals surface area contributed by atoms with E-state index in [-0.39, 0.29) is 34.2 Å². The second-order valence-corrected chi connectivity index (χ2v) is 8.92. The van der Waals surface area contributed by atoms with Gasteiger partial charge in [0.05, 0.1) is 24.2 Å². The van der Waals surface area contributed by atoms with Crippen molar-refractivity contribution in [2.24, 2.45) is 4.99 Å². The number of fused-ring (bicyclic) bond motifs is 2. The third-order valence-electron chi connectivity index (χ3n) is 6.38. The number of carbonyl (C=O) groups excluding carboxylic acids is 2. The van der Waals surface area contributed by atoms with Crippen LogP contribution in [-0.2, 0) is 17.7 Å². The molecule has 202 valence electrons. The maximum absolute atomic E-state index is 13.6. The number of hydrogen-bond acceptors (Lipinski definition) is 6. The molecule has 3 heterocycles. The van der Waals surface area contributed by atoms with E-state index in [9.17, 15) is 14.4 Å². The van der Waals surface area contributed by atoms with Gasteiger partial charge in [0.15, 0.2) is 5.49 Å². The zero-order valence-corrected chi connectivity index (χ0v) is 22.2. The highest BCUT2D eigenvalue weighted by molar-refractivity contribution is 5.99. The fourth-order valence-corrected chi connectivity index (χ4v) is 4.54. The second-order valence-electron chi connectivity index (χ2n) is 8.92. The number of amides is 1. The highest BCUT2D eigenvalue weighted by atomic mass is 16.5. The summed E-state index contributed by atoms with van der Waals surface area (Å²) in [5, 5.41) is 0.209. The summed E-state index contributed by atoms with van der Waals surface area (Å²) in [7, 11) is 0. The molecule has 9 heteroatoms. The molecule has 9 nitrogen and oxygen atoms in total. The lowest BCUT2D eigenvalue weighted by atomic mass is 10.1. The van der Waals surface area contributed by atoms with Crippen molar-refractivity contribution < 1.29 is 19.1 Å². The van der Waals surface area contributed by atoms with Gasteiger partial charge < -0.3 is 14.0 Å². The Morgan fingerprint density at radius 2 is 1.65 bits per heavy atom. The lowest BCUT2D eigenvalue weighted by Gasteiger charge is -2.15. The standard InChI is InChI=1S/C31H28N4O5/c1-3-39-25-15-9-8-14-22(25)29(36)33-28-24(31(38)40-4-2)20-23-27(32-26-16-10-11-18-34(26)30(23)37)35(28)19-17-21-12-6-5-7-13-21/h5-16,18,20H,3-4,17,19H2,1-2H3. The van der Waals surface area contributed by atoms with Crippen LogP contribution in [0, 0.1) is 0 Å². The molecule has 2 aromatic carbocycles. The average molecular weight is 537 g/mol. The molecule has 0 radical (unpaired) electrons. The van der Waals surface area contributed by atoms with Crippen LogP contribution in [-0.4, -0.2) is 39.0 Å². The van der Waals surface area contributed by atoms with Gasteiger partial charge >= 0.3 is 5.97 Å². The van der Waals surface area contributed by atoms with Gasteiger partial charge in [-0.3, -0.25) is 14.0 Å². The van der Waals surface area contributed by atoms with E-state index >= 15 is 0 Å². The molecule has 0 aliphatic carbocycles. The first-order valence-corrected chi connectivity index (χ1v) is 13.1. The lowest BCUT2D eigenvalue weighted by molar-refractivity contribution is 0.0523. The number of nitrogens with zero attached hydrogens (tertiary/aromatic N) is 4.